The molecule has 1 aliphatic rings. The maximum Gasteiger partial charge on any atom is 0.323 e. The second-order valence-corrected chi connectivity index (χ2v) is 7.17. The highest BCUT2D eigenvalue weighted by Gasteiger charge is 2.55. The number of carbonyl (C=O) groups excluding carboxylic acids is 2. The average Bonchev–Trinajstić information content (AvgIpc) is 2.63. The van der Waals surface area contributed by atoms with Gasteiger partial charge in [-0.2, -0.15) is 0 Å². The lowest BCUT2D eigenvalue weighted by atomic mass is 9.65. The van der Waals surface area contributed by atoms with Crippen LogP contribution in [0.3, 0.4) is 0 Å². The third kappa shape index (κ3) is 3.82. The lowest BCUT2D eigenvalue weighted by Crippen LogP contribution is -2.52. The van der Waals surface area contributed by atoms with E-state index in [2.05, 4.69) is 16.4 Å². The average molecular weight is 378 g/mol. The Bertz CT molecular complexity index is 732. The lowest BCUT2D eigenvalue weighted by Gasteiger charge is -2.40. The van der Waals surface area contributed by atoms with Crippen LogP contribution in [-0.2, 0) is 30.5 Å². The van der Waals surface area contributed by atoms with Crippen molar-refractivity contribution < 1.29 is 34.6 Å². The Kier molecular flexibility index (Phi) is 6.54. The van der Waals surface area contributed by atoms with Gasteiger partial charge in [0.2, 0.25) is 0 Å². The molecule has 2 rings (SSSR count). The van der Waals surface area contributed by atoms with Gasteiger partial charge in [-0.05, 0) is 43.0 Å². The number of benzene rings is 1. The zero-order valence-corrected chi connectivity index (χ0v) is 16.1. The molecule has 148 valence electrons. The van der Waals surface area contributed by atoms with Crippen LogP contribution in [-0.4, -0.2) is 41.6 Å². The van der Waals surface area contributed by atoms with Crippen LogP contribution in [0.15, 0.2) is 24.3 Å². The van der Waals surface area contributed by atoms with Crippen molar-refractivity contribution in [3.63, 3.8) is 0 Å². The van der Waals surface area contributed by atoms with Gasteiger partial charge < -0.3 is 4.74 Å². The molecule has 0 bridgehead atoms. The first-order chi connectivity index (χ1) is 12.7. The predicted molar refractivity (Wildman–Crippen MR) is 97.2 cm³/mol. The zero-order chi connectivity index (χ0) is 20.4. The molecule has 0 aromatic heterocycles. The minimum absolute atomic E-state index is 0.00879. The molecule has 0 heterocycles. The van der Waals surface area contributed by atoms with Crippen LogP contribution in [0.4, 0.5) is 0 Å². The first kappa shape index (κ1) is 21.2. The highest BCUT2D eigenvalue weighted by molar-refractivity contribution is 6.08. The van der Waals surface area contributed by atoms with Crippen molar-refractivity contribution in [3.05, 3.63) is 46.5 Å². The third-order valence-electron chi connectivity index (χ3n) is 5.43. The molecular formula is C20H26O7. The molecule has 0 saturated heterocycles. The first-order valence-electron chi connectivity index (χ1n) is 8.68. The van der Waals surface area contributed by atoms with Crippen LogP contribution in [0.25, 0.3) is 0 Å². The molecular weight excluding hydrogens is 352 g/mol. The summed E-state index contributed by atoms with van der Waals surface area (Å²) in [7, 11) is 1.19. The number of ether oxygens (including phenoxy) is 1. The van der Waals surface area contributed by atoms with Crippen molar-refractivity contribution >= 4 is 11.8 Å². The fourth-order valence-corrected chi connectivity index (χ4v) is 3.96. The summed E-state index contributed by atoms with van der Waals surface area (Å²) < 4.78 is 4.90. The van der Waals surface area contributed by atoms with Gasteiger partial charge in [-0.15, -0.1) is 0 Å². The van der Waals surface area contributed by atoms with E-state index >= 15 is 0 Å². The fraction of sp³-hybridized carbons (Fsp3) is 0.500. The van der Waals surface area contributed by atoms with Crippen molar-refractivity contribution in [2.75, 3.05) is 7.11 Å². The number of hydrogen-bond donors (Lipinski definition) is 2. The van der Waals surface area contributed by atoms with Crippen molar-refractivity contribution in [2.45, 2.75) is 52.2 Å². The SMILES string of the molecule is C=C1CC(OO)C(OO)CC1(C(=O)Cc1c(C)cc(C)cc1C)C(=O)OC. The maximum atomic E-state index is 13.3. The Morgan fingerprint density at radius 3 is 2.19 bits per heavy atom. The van der Waals surface area contributed by atoms with Gasteiger partial charge >= 0.3 is 5.97 Å². The standard InChI is InChI=1S/C20H26O7/c1-11-6-12(2)15(13(3)7-11)9-18(21)20(19(22)25-5)10-17(27-24)16(26-23)8-14(20)4/h6-7,16-17,23-24H,4,8-10H2,1-3,5H3. The number of hydrogen-bond acceptors (Lipinski definition) is 7. The van der Waals surface area contributed by atoms with Gasteiger partial charge in [0, 0.05) is 19.3 Å². The summed E-state index contributed by atoms with van der Waals surface area (Å²) in [5.41, 5.74) is 2.41. The lowest BCUT2D eigenvalue weighted by molar-refractivity contribution is -0.361. The second-order valence-electron chi connectivity index (χ2n) is 7.17. The van der Waals surface area contributed by atoms with Crippen LogP contribution in [0.1, 0.15) is 35.1 Å². The number of rotatable bonds is 6. The number of Topliss-reactive ketones (excluding diaryl/α,β-unsaturated/α-hetero) is 1. The minimum atomic E-state index is -1.68. The van der Waals surface area contributed by atoms with E-state index < -0.39 is 29.4 Å². The molecule has 0 amide bonds. The predicted octanol–water partition coefficient (Wildman–Crippen LogP) is 2.95. The topological polar surface area (TPSA) is 102 Å². The summed E-state index contributed by atoms with van der Waals surface area (Å²) >= 11 is 0. The Balaban J connectivity index is 2.46. The molecule has 0 spiro atoms. The van der Waals surface area contributed by atoms with E-state index in [4.69, 9.17) is 9.99 Å². The van der Waals surface area contributed by atoms with Crippen LogP contribution in [0, 0.1) is 26.2 Å². The number of carbonyl (C=O) groups is 2. The molecule has 0 aliphatic heterocycles. The molecule has 1 fully saturated rings. The molecule has 27 heavy (non-hydrogen) atoms. The van der Waals surface area contributed by atoms with Crippen LogP contribution >= 0.6 is 0 Å². The number of esters is 1. The molecule has 3 unspecified atom stereocenters. The van der Waals surface area contributed by atoms with Gasteiger partial charge in [0.1, 0.15) is 17.6 Å². The molecule has 0 radical (unpaired) electrons. The Morgan fingerprint density at radius 1 is 1.15 bits per heavy atom. The van der Waals surface area contributed by atoms with Crippen LogP contribution in [0.2, 0.25) is 0 Å². The normalized spacial score (nSPS) is 25.3. The fourth-order valence-electron chi connectivity index (χ4n) is 3.96. The molecule has 7 heteroatoms. The first-order valence-corrected chi connectivity index (χ1v) is 8.68. The molecule has 1 aromatic carbocycles. The van der Waals surface area contributed by atoms with Gasteiger partial charge in [0.25, 0.3) is 0 Å². The van der Waals surface area contributed by atoms with E-state index in [9.17, 15) is 14.8 Å². The monoisotopic (exact) mass is 378 g/mol. The van der Waals surface area contributed by atoms with Gasteiger partial charge in [-0.3, -0.25) is 20.1 Å². The van der Waals surface area contributed by atoms with Gasteiger partial charge in [0.15, 0.2) is 5.78 Å². The third-order valence-corrected chi connectivity index (χ3v) is 5.43. The summed E-state index contributed by atoms with van der Waals surface area (Å²) in [5.74, 6) is -1.16. The summed E-state index contributed by atoms with van der Waals surface area (Å²) in [6, 6.07) is 3.96. The molecule has 3 atom stereocenters. The van der Waals surface area contributed by atoms with E-state index in [0.29, 0.717) is 0 Å². The van der Waals surface area contributed by atoms with Crippen LogP contribution < -0.4 is 0 Å². The molecule has 1 aromatic rings. The highest BCUT2D eigenvalue weighted by Crippen LogP contribution is 2.44. The Hall–Kier alpha value is -2.06. The molecule has 2 N–H and O–H groups in total. The Labute approximate surface area is 158 Å². The smallest absolute Gasteiger partial charge is 0.323 e. The largest absolute Gasteiger partial charge is 0.468 e. The van der Waals surface area contributed by atoms with Crippen molar-refractivity contribution in [2.24, 2.45) is 5.41 Å². The number of ketones is 1. The van der Waals surface area contributed by atoms with E-state index in [-0.39, 0.29) is 24.8 Å². The quantitative estimate of drug-likeness (QED) is 0.258. The summed E-state index contributed by atoms with van der Waals surface area (Å²) in [6.07, 6.45) is -2.27. The van der Waals surface area contributed by atoms with Gasteiger partial charge in [-0.25, -0.2) is 9.78 Å². The summed E-state index contributed by atoms with van der Waals surface area (Å²) in [4.78, 5) is 34.7. The Morgan fingerprint density at radius 2 is 1.70 bits per heavy atom. The highest BCUT2D eigenvalue weighted by atomic mass is 17.1. The van der Waals surface area contributed by atoms with Gasteiger partial charge in [-0.1, -0.05) is 24.3 Å². The number of aryl methyl sites for hydroxylation is 3. The summed E-state index contributed by atoms with van der Waals surface area (Å²) in [6.45, 7) is 9.68. The minimum Gasteiger partial charge on any atom is -0.468 e. The van der Waals surface area contributed by atoms with E-state index in [1.165, 1.54) is 7.11 Å². The second kappa shape index (κ2) is 8.31. The van der Waals surface area contributed by atoms with E-state index in [1.54, 1.807) is 0 Å². The van der Waals surface area contributed by atoms with Crippen LogP contribution in [0.5, 0.6) is 0 Å². The molecule has 1 saturated carbocycles. The van der Waals surface area contributed by atoms with Crippen molar-refractivity contribution in [1.82, 2.24) is 0 Å². The molecule has 7 nitrogen and oxygen atoms in total. The molecule has 1 aliphatic carbocycles. The summed E-state index contributed by atoms with van der Waals surface area (Å²) in [5, 5.41) is 18.2. The zero-order valence-electron chi connectivity index (χ0n) is 16.1. The van der Waals surface area contributed by atoms with E-state index in [0.717, 1.165) is 22.3 Å². The van der Waals surface area contributed by atoms with Crippen molar-refractivity contribution in [3.8, 4) is 0 Å². The maximum absolute atomic E-state index is 13.3. The van der Waals surface area contributed by atoms with Gasteiger partial charge in [0.05, 0.1) is 7.11 Å². The number of methoxy groups -OCH3 is 1. The van der Waals surface area contributed by atoms with E-state index in [1.807, 2.05) is 32.9 Å². The van der Waals surface area contributed by atoms with Crippen molar-refractivity contribution in [1.29, 1.82) is 0 Å².